The van der Waals surface area contributed by atoms with Crippen molar-refractivity contribution in [3.05, 3.63) is 30.3 Å². The second kappa shape index (κ2) is 9.30. The maximum Gasteiger partial charge on any atom is 0.164 e. The molecule has 2 heterocycles. The number of piperidine rings is 1. The Morgan fingerprint density at radius 2 is 1.74 bits per heavy atom. The van der Waals surface area contributed by atoms with E-state index in [0.717, 1.165) is 57.4 Å². The molecule has 0 atom stereocenters. The summed E-state index contributed by atoms with van der Waals surface area (Å²) in [7, 11) is 0. The van der Waals surface area contributed by atoms with Gasteiger partial charge in [0.2, 0.25) is 0 Å². The molecule has 23 heavy (non-hydrogen) atoms. The molecule has 2 fully saturated rings. The number of hydrogen-bond donors (Lipinski definition) is 0. The van der Waals surface area contributed by atoms with Crippen molar-refractivity contribution in [3.63, 3.8) is 0 Å². The van der Waals surface area contributed by atoms with Crippen LogP contribution in [-0.4, -0.2) is 66.7 Å². The van der Waals surface area contributed by atoms with Gasteiger partial charge >= 0.3 is 0 Å². The van der Waals surface area contributed by atoms with E-state index in [1.165, 1.54) is 24.4 Å². The third kappa shape index (κ3) is 5.52. The van der Waals surface area contributed by atoms with Crippen molar-refractivity contribution in [1.29, 1.82) is 0 Å². The number of benzene rings is 1. The number of aliphatic imine (C=N–C) groups is 1. The van der Waals surface area contributed by atoms with E-state index in [1.54, 1.807) is 0 Å². The van der Waals surface area contributed by atoms with E-state index in [4.69, 9.17) is 9.73 Å². The quantitative estimate of drug-likeness (QED) is 0.625. The number of morpholine rings is 1. The van der Waals surface area contributed by atoms with Gasteiger partial charge in [0.25, 0.3) is 0 Å². The van der Waals surface area contributed by atoms with Gasteiger partial charge in [-0.05, 0) is 31.4 Å². The van der Waals surface area contributed by atoms with Gasteiger partial charge < -0.3 is 9.64 Å². The van der Waals surface area contributed by atoms with Crippen LogP contribution in [0, 0.1) is 0 Å². The number of hydrogen-bond acceptors (Lipinski definition) is 4. The van der Waals surface area contributed by atoms with Gasteiger partial charge in [0.05, 0.1) is 18.9 Å². The summed E-state index contributed by atoms with van der Waals surface area (Å²) in [5, 5.41) is 1.20. The van der Waals surface area contributed by atoms with Crippen molar-refractivity contribution in [2.75, 3.05) is 51.7 Å². The molecule has 0 aliphatic carbocycles. The van der Waals surface area contributed by atoms with Crippen LogP contribution >= 0.6 is 11.8 Å². The Morgan fingerprint density at radius 3 is 2.48 bits per heavy atom. The summed E-state index contributed by atoms with van der Waals surface area (Å²) < 4.78 is 5.42. The summed E-state index contributed by atoms with van der Waals surface area (Å²) in [6.07, 6.45) is 3.93. The third-order valence-electron chi connectivity index (χ3n) is 4.35. The molecule has 126 valence electrons. The first kappa shape index (κ1) is 16.8. The summed E-state index contributed by atoms with van der Waals surface area (Å²) >= 11 is 1.91. The van der Waals surface area contributed by atoms with Gasteiger partial charge in [-0.25, -0.2) is 4.99 Å². The molecule has 5 heteroatoms. The number of amidine groups is 1. The van der Waals surface area contributed by atoms with Crippen molar-refractivity contribution in [1.82, 2.24) is 9.80 Å². The molecule has 0 unspecified atom stereocenters. The Morgan fingerprint density at radius 1 is 1.00 bits per heavy atom. The largest absolute Gasteiger partial charge is 0.379 e. The van der Waals surface area contributed by atoms with Gasteiger partial charge in [-0.1, -0.05) is 30.0 Å². The summed E-state index contributed by atoms with van der Waals surface area (Å²) in [5.41, 5.74) is 1.06. The highest BCUT2D eigenvalue weighted by molar-refractivity contribution is 8.13. The molecule has 1 aromatic carbocycles. The zero-order chi connectivity index (χ0) is 15.7. The molecule has 0 radical (unpaired) electrons. The van der Waals surface area contributed by atoms with Crippen molar-refractivity contribution in [2.45, 2.75) is 19.3 Å². The van der Waals surface area contributed by atoms with E-state index >= 15 is 0 Å². The molecular weight excluding hydrogens is 306 g/mol. The fourth-order valence-electron chi connectivity index (χ4n) is 2.98. The van der Waals surface area contributed by atoms with Gasteiger partial charge in [0, 0.05) is 38.5 Å². The summed E-state index contributed by atoms with van der Waals surface area (Å²) in [6.45, 7) is 7.30. The van der Waals surface area contributed by atoms with Crippen molar-refractivity contribution in [2.24, 2.45) is 4.99 Å². The summed E-state index contributed by atoms with van der Waals surface area (Å²) in [4.78, 5) is 9.89. The smallest absolute Gasteiger partial charge is 0.164 e. The predicted octanol–water partition coefficient (Wildman–Crippen LogP) is 3.23. The number of rotatable bonds is 4. The van der Waals surface area contributed by atoms with Gasteiger partial charge in [0.15, 0.2) is 5.17 Å². The van der Waals surface area contributed by atoms with Crippen molar-refractivity contribution >= 4 is 22.6 Å². The first-order valence-electron chi connectivity index (χ1n) is 8.73. The molecular formula is C18H27N3OS. The molecule has 2 aliphatic rings. The Hall–Kier alpha value is -1.04. The summed E-state index contributed by atoms with van der Waals surface area (Å²) in [5.74, 6) is 1.10. The maximum atomic E-state index is 5.42. The second-order valence-corrected chi connectivity index (χ2v) is 7.14. The molecule has 3 rings (SSSR count). The van der Waals surface area contributed by atoms with Crippen LogP contribution < -0.4 is 0 Å². The molecule has 2 aliphatic heterocycles. The lowest BCUT2D eigenvalue weighted by Crippen LogP contribution is -2.38. The Balaban J connectivity index is 1.59. The first-order chi connectivity index (χ1) is 11.4. The zero-order valence-electron chi connectivity index (χ0n) is 13.8. The van der Waals surface area contributed by atoms with Crippen LogP contribution in [-0.2, 0) is 4.74 Å². The second-order valence-electron chi connectivity index (χ2n) is 6.08. The Kier molecular flexibility index (Phi) is 6.80. The standard InChI is InChI=1S/C18H27N3OS/c1-3-7-17(8-4-1)19-18(21-9-5-2-6-10-21)23-16-13-20-11-14-22-15-12-20/h1,3-4,7-8H,2,5-6,9-16H2. The first-order valence-corrected chi connectivity index (χ1v) is 9.72. The number of nitrogens with zero attached hydrogens (tertiary/aromatic N) is 3. The lowest BCUT2D eigenvalue weighted by Gasteiger charge is -2.30. The predicted molar refractivity (Wildman–Crippen MR) is 98.7 cm³/mol. The lowest BCUT2D eigenvalue weighted by molar-refractivity contribution is 0.0410. The monoisotopic (exact) mass is 333 g/mol. The van der Waals surface area contributed by atoms with Crippen LogP contribution in [0.2, 0.25) is 0 Å². The highest BCUT2D eigenvalue weighted by atomic mass is 32.2. The normalized spacial score (nSPS) is 20.7. The van der Waals surface area contributed by atoms with Gasteiger partial charge in [-0.2, -0.15) is 0 Å². The van der Waals surface area contributed by atoms with E-state index in [2.05, 4.69) is 34.1 Å². The topological polar surface area (TPSA) is 28.1 Å². The SMILES string of the molecule is c1ccc(N=C(SCCN2CCOCC2)N2CCCCC2)cc1. The molecule has 0 N–H and O–H groups in total. The van der Waals surface area contributed by atoms with Crippen molar-refractivity contribution < 1.29 is 4.74 Å². The minimum absolute atomic E-state index is 0.877. The fourth-order valence-corrected chi connectivity index (χ4v) is 4.05. The number of thioether (sulfide) groups is 1. The van der Waals surface area contributed by atoms with E-state index in [-0.39, 0.29) is 0 Å². The van der Waals surface area contributed by atoms with Crippen LogP contribution in [0.4, 0.5) is 5.69 Å². The highest BCUT2D eigenvalue weighted by Crippen LogP contribution is 2.21. The number of ether oxygens (including phenoxy) is 1. The zero-order valence-corrected chi connectivity index (χ0v) is 14.6. The molecule has 2 saturated heterocycles. The molecule has 0 spiro atoms. The minimum Gasteiger partial charge on any atom is -0.379 e. The van der Waals surface area contributed by atoms with E-state index < -0.39 is 0 Å². The van der Waals surface area contributed by atoms with E-state index in [0.29, 0.717) is 0 Å². The van der Waals surface area contributed by atoms with Crippen LogP contribution in [0.25, 0.3) is 0 Å². The molecule has 0 bridgehead atoms. The Bertz CT molecular complexity index is 482. The van der Waals surface area contributed by atoms with E-state index in [9.17, 15) is 0 Å². The average Bonchev–Trinajstić information content (AvgIpc) is 2.63. The average molecular weight is 334 g/mol. The maximum absolute atomic E-state index is 5.42. The Labute approximate surface area is 143 Å². The number of para-hydroxylation sites is 1. The van der Waals surface area contributed by atoms with E-state index in [1.807, 2.05) is 17.8 Å². The molecule has 0 amide bonds. The number of likely N-dealkylation sites (tertiary alicyclic amines) is 1. The van der Waals surface area contributed by atoms with Crippen LogP contribution in [0.3, 0.4) is 0 Å². The van der Waals surface area contributed by atoms with Crippen LogP contribution in [0.1, 0.15) is 19.3 Å². The molecule has 0 saturated carbocycles. The fraction of sp³-hybridized carbons (Fsp3) is 0.611. The minimum atomic E-state index is 0.877. The lowest BCUT2D eigenvalue weighted by atomic mass is 10.1. The highest BCUT2D eigenvalue weighted by Gasteiger charge is 2.16. The molecule has 4 nitrogen and oxygen atoms in total. The van der Waals surface area contributed by atoms with Gasteiger partial charge in [0.1, 0.15) is 0 Å². The molecule has 0 aromatic heterocycles. The van der Waals surface area contributed by atoms with Crippen molar-refractivity contribution in [3.8, 4) is 0 Å². The van der Waals surface area contributed by atoms with Gasteiger partial charge in [-0.15, -0.1) is 0 Å². The van der Waals surface area contributed by atoms with Crippen LogP contribution in [0.15, 0.2) is 35.3 Å². The van der Waals surface area contributed by atoms with Gasteiger partial charge in [-0.3, -0.25) is 4.90 Å². The summed E-state index contributed by atoms with van der Waals surface area (Å²) in [6, 6.07) is 10.3. The van der Waals surface area contributed by atoms with Crippen LogP contribution in [0.5, 0.6) is 0 Å². The third-order valence-corrected chi connectivity index (χ3v) is 5.34. The molecule has 1 aromatic rings.